The van der Waals surface area contributed by atoms with E-state index in [0.29, 0.717) is 49.5 Å². The van der Waals surface area contributed by atoms with Gasteiger partial charge in [-0.15, -0.1) is 0 Å². The number of hydrogen-bond acceptors (Lipinski definition) is 9. The highest BCUT2D eigenvalue weighted by Gasteiger charge is 2.29. The van der Waals surface area contributed by atoms with Gasteiger partial charge in [-0.1, -0.05) is 0 Å². The summed E-state index contributed by atoms with van der Waals surface area (Å²) in [5.41, 5.74) is 3.71. The molecule has 1 fully saturated rings. The van der Waals surface area contributed by atoms with Crippen LogP contribution in [0.1, 0.15) is 24.8 Å². The molecule has 12 nitrogen and oxygen atoms in total. The van der Waals surface area contributed by atoms with Gasteiger partial charge in [-0.3, -0.25) is 5.32 Å². The summed E-state index contributed by atoms with van der Waals surface area (Å²) in [4.78, 5) is 14.4. The highest BCUT2D eigenvalue weighted by atomic mass is 32.2. The summed E-state index contributed by atoms with van der Waals surface area (Å²) in [5, 5.41) is 24.0. The normalized spacial score (nSPS) is 18.1. The lowest BCUT2D eigenvalue weighted by atomic mass is 10.00. The first-order valence-electron chi connectivity index (χ1n) is 13.1. The molecule has 1 aromatic rings. The number of nitrogens with zero attached hydrogens (tertiary/aromatic N) is 2. The number of nitrogens with one attached hydrogen (secondary N) is 6. The summed E-state index contributed by atoms with van der Waals surface area (Å²) in [6, 6.07) is 5.11. The Morgan fingerprint density at radius 1 is 1.18 bits per heavy atom. The summed E-state index contributed by atoms with van der Waals surface area (Å²) < 4.78 is 32.9. The predicted molar refractivity (Wildman–Crippen MR) is 154 cm³/mol. The van der Waals surface area contributed by atoms with Gasteiger partial charge >= 0.3 is 6.03 Å². The number of allylic oxidation sites excluding steroid dienone is 1. The zero-order valence-electron chi connectivity index (χ0n) is 23.4. The molecule has 1 aromatic carbocycles. The Morgan fingerprint density at radius 3 is 2.49 bits per heavy atom. The largest absolute Gasteiger partial charge is 0.393 e. The molecule has 1 saturated heterocycles. The van der Waals surface area contributed by atoms with E-state index in [1.165, 1.54) is 20.3 Å². The molecule has 2 heterocycles. The molecule has 0 saturated carbocycles. The van der Waals surface area contributed by atoms with Crippen molar-refractivity contribution in [2.24, 2.45) is 0 Å². The van der Waals surface area contributed by atoms with Crippen molar-refractivity contribution < 1.29 is 17.9 Å². The van der Waals surface area contributed by atoms with Crippen molar-refractivity contribution in [3.05, 3.63) is 41.2 Å². The van der Waals surface area contributed by atoms with Gasteiger partial charge in [-0.05, 0) is 43.7 Å². The second-order valence-electron chi connectivity index (χ2n) is 9.69. The molecule has 39 heavy (non-hydrogen) atoms. The fourth-order valence-corrected chi connectivity index (χ4v) is 5.68. The highest BCUT2D eigenvalue weighted by molar-refractivity contribution is 7.89. The van der Waals surface area contributed by atoms with E-state index in [-0.39, 0.29) is 17.0 Å². The zero-order valence-corrected chi connectivity index (χ0v) is 24.2. The van der Waals surface area contributed by atoms with Gasteiger partial charge in [0.15, 0.2) is 0 Å². The van der Waals surface area contributed by atoms with Gasteiger partial charge in [0, 0.05) is 102 Å². The molecular formula is C26H42N8O4S. The van der Waals surface area contributed by atoms with Crippen LogP contribution in [0, 0.1) is 5.41 Å². The number of amides is 2. The van der Waals surface area contributed by atoms with Crippen molar-refractivity contribution in [1.82, 2.24) is 30.5 Å². The average Bonchev–Trinajstić information content (AvgIpc) is 2.94. The summed E-state index contributed by atoms with van der Waals surface area (Å²) in [7, 11) is 4.39. The number of ether oxygens (including phenoxy) is 1. The van der Waals surface area contributed by atoms with E-state index >= 15 is 0 Å². The van der Waals surface area contributed by atoms with Crippen molar-refractivity contribution in [3.8, 4) is 0 Å². The maximum absolute atomic E-state index is 13.1. The lowest BCUT2D eigenvalue weighted by Crippen LogP contribution is -2.50. The molecule has 2 amide bonds. The van der Waals surface area contributed by atoms with Gasteiger partial charge in [-0.25, -0.2) is 17.5 Å². The molecule has 0 bridgehead atoms. The Morgan fingerprint density at radius 2 is 1.90 bits per heavy atom. The third kappa shape index (κ3) is 7.50. The Bertz CT molecular complexity index is 1190. The van der Waals surface area contributed by atoms with Crippen molar-refractivity contribution in [3.63, 3.8) is 0 Å². The van der Waals surface area contributed by atoms with E-state index in [4.69, 9.17) is 10.1 Å². The van der Waals surface area contributed by atoms with Gasteiger partial charge in [-0.2, -0.15) is 0 Å². The van der Waals surface area contributed by atoms with Gasteiger partial charge in [0.2, 0.25) is 10.0 Å². The van der Waals surface area contributed by atoms with Crippen LogP contribution in [0.4, 0.5) is 10.5 Å². The minimum absolute atomic E-state index is 0.108. The van der Waals surface area contributed by atoms with E-state index in [2.05, 4.69) is 26.6 Å². The number of sulfonamides is 1. The quantitative estimate of drug-likeness (QED) is 0.174. The van der Waals surface area contributed by atoms with Gasteiger partial charge in [0.1, 0.15) is 6.17 Å². The standard InChI is InChI=1S/C26H42N8O4S/c1-28-16-19(15-27)18-12-21(14-22(13-18)39(36,37)33(4)5)32-25(29-2)23-17-34(26(35)30-3)9-6-24(23)31-20-7-10-38-11-8-20/h12-16,20,25,27-29,31-32H,6-11,17H2,1-5H3,(H,30,35)/b19-16+,27-15?. The maximum atomic E-state index is 13.1. The number of rotatable bonds is 11. The molecule has 1 unspecified atom stereocenters. The van der Waals surface area contributed by atoms with Gasteiger partial charge < -0.3 is 36.3 Å². The Hall–Kier alpha value is -3.13. The number of likely N-dealkylation sites (N-methyl/N-ethyl adjacent to an activating group) is 1. The van der Waals surface area contributed by atoms with Crippen molar-refractivity contribution in [2.45, 2.75) is 36.4 Å². The number of carbonyl (C=O) groups excluding carboxylic acids is 1. The van der Waals surface area contributed by atoms with Crippen molar-refractivity contribution in [2.75, 3.05) is 66.9 Å². The van der Waals surface area contributed by atoms with Gasteiger partial charge in [0.25, 0.3) is 0 Å². The lowest BCUT2D eigenvalue weighted by Gasteiger charge is -2.37. The minimum atomic E-state index is -3.75. The molecule has 6 N–H and O–H groups in total. The first-order chi connectivity index (χ1) is 18.6. The second kappa shape index (κ2) is 13.8. The molecule has 0 radical (unpaired) electrons. The smallest absolute Gasteiger partial charge is 0.317 e. The molecule has 216 valence electrons. The van der Waals surface area contributed by atoms with E-state index in [1.54, 1.807) is 37.3 Å². The Kier molecular flexibility index (Phi) is 10.7. The molecule has 13 heteroatoms. The molecule has 1 atom stereocenters. The minimum Gasteiger partial charge on any atom is -0.393 e. The number of anilines is 1. The fraction of sp³-hybridized carbons (Fsp3) is 0.538. The van der Waals surface area contributed by atoms with E-state index in [0.717, 1.165) is 28.4 Å². The van der Waals surface area contributed by atoms with Crippen LogP contribution in [0.15, 0.2) is 40.6 Å². The Labute approximate surface area is 231 Å². The van der Waals surface area contributed by atoms with Crippen molar-refractivity contribution in [1.29, 1.82) is 5.41 Å². The second-order valence-corrected chi connectivity index (χ2v) is 11.8. The zero-order chi connectivity index (χ0) is 28.6. The monoisotopic (exact) mass is 562 g/mol. The van der Waals surface area contributed by atoms with E-state index in [1.807, 2.05) is 13.1 Å². The average molecular weight is 563 g/mol. The molecule has 0 aromatic heterocycles. The summed E-state index contributed by atoms with van der Waals surface area (Å²) in [6.45, 7) is 2.41. The first-order valence-corrected chi connectivity index (χ1v) is 14.5. The third-order valence-electron chi connectivity index (χ3n) is 6.90. The first kappa shape index (κ1) is 30.4. The summed E-state index contributed by atoms with van der Waals surface area (Å²) in [5.74, 6) is 0. The molecule has 0 spiro atoms. The molecule has 2 aliphatic rings. The van der Waals surface area contributed by atoms with Crippen LogP contribution in [0.3, 0.4) is 0 Å². The summed E-state index contributed by atoms with van der Waals surface area (Å²) in [6.07, 6.45) is 4.91. The molecular weight excluding hydrogens is 520 g/mol. The lowest BCUT2D eigenvalue weighted by molar-refractivity contribution is 0.0797. The van der Waals surface area contributed by atoms with E-state index < -0.39 is 16.2 Å². The molecule has 0 aliphatic carbocycles. The predicted octanol–water partition coefficient (Wildman–Crippen LogP) is 1.17. The SMILES string of the molecule is CN/C=C(\C=N)c1cc(NC(NC)C2=C(NC3CCOCC3)CCN(C(=O)NC)C2)cc(S(=O)(=O)N(C)C)c1. The maximum Gasteiger partial charge on any atom is 0.317 e. The van der Waals surface area contributed by atoms with Crippen LogP contribution < -0.4 is 26.6 Å². The number of carbonyl (C=O) groups is 1. The van der Waals surface area contributed by atoms with Crippen LogP contribution >= 0.6 is 0 Å². The van der Waals surface area contributed by atoms with Crippen molar-refractivity contribution >= 4 is 33.5 Å². The molecule has 3 rings (SSSR count). The van der Waals surface area contributed by atoms with Crippen LogP contribution in [-0.4, -0.2) is 104 Å². The molecule has 2 aliphatic heterocycles. The number of hydrogen-bond donors (Lipinski definition) is 6. The fourth-order valence-electron chi connectivity index (χ4n) is 4.71. The van der Waals surface area contributed by atoms with Crippen LogP contribution in [0.25, 0.3) is 5.57 Å². The Balaban J connectivity index is 2.05. The third-order valence-corrected chi connectivity index (χ3v) is 8.70. The number of benzene rings is 1. The highest BCUT2D eigenvalue weighted by Crippen LogP contribution is 2.28. The van der Waals surface area contributed by atoms with Crippen LogP contribution in [-0.2, 0) is 14.8 Å². The number of urea groups is 1. The summed E-state index contributed by atoms with van der Waals surface area (Å²) >= 11 is 0. The topological polar surface area (TPSA) is 151 Å². The van der Waals surface area contributed by atoms with Gasteiger partial charge in [0.05, 0.1) is 4.90 Å². The van der Waals surface area contributed by atoms with Crippen LogP contribution in [0.5, 0.6) is 0 Å². The van der Waals surface area contributed by atoms with Crippen LogP contribution in [0.2, 0.25) is 0 Å². The van der Waals surface area contributed by atoms with E-state index in [9.17, 15) is 13.2 Å².